The normalized spacial score (nSPS) is 14.1. The van der Waals surface area contributed by atoms with Gasteiger partial charge in [-0.25, -0.2) is 0 Å². The highest BCUT2D eigenvalue weighted by molar-refractivity contribution is 5.86. The topological polar surface area (TPSA) is 101 Å². The maximum atomic E-state index is 10.8. The van der Waals surface area contributed by atoms with E-state index >= 15 is 0 Å². The predicted octanol–water partition coefficient (Wildman–Crippen LogP) is 0.0547. The van der Waals surface area contributed by atoms with Crippen molar-refractivity contribution in [2.45, 2.75) is 18.6 Å². The highest BCUT2D eigenvalue weighted by Gasteiger charge is 2.23. The lowest BCUT2D eigenvalue weighted by atomic mass is 9.93. The Hall–Kier alpha value is -1.56. The first-order valence-electron chi connectivity index (χ1n) is 5.25. The van der Waals surface area contributed by atoms with E-state index in [1.54, 1.807) is 6.07 Å². The van der Waals surface area contributed by atoms with E-state index in [-0.39, 0.29) is 29.7 Å². The summed E-state index contributed by atoms with van der Waals surface area (Å²) in [7, 11) is 0. The lowest BCUT2D eigenvalue weighted by Gasteiger charge is -2.20. The Bertz CT molecular complexity index is 379. The van der Waals surface area contributed by atoms with E-state index in [4.69, 9.17) is 5.73 Å². The Kier molecular flexibility index (Phi) is 4.96. The number of aliphatic hydroxyl groups is 2. The molecule has 5 heteroatoms. The molecule has 1 aromatic carbocycles. The van der Waals surface area contributed by atoms with Crippen molar-refractivity contribution in [3.8, 4) is 0 Å². The number of hydrogen-bond acceptors (Lipinski definition) is 5. The van der Waals surface area contributed by atoms with Crippen LogP contribution in [-0.2, 0) is 0 Å². The van der Waals surface area contributed by atoms with Crippen molar-refractivity contribution in [3.63, 3.8) is 0 Å². The fraction of sp³-hybridized carbons (Fsp3) is 0.333. The smallest absolute Gasteiger partial charge is 0.150 e. The van der Waals surface area contributed by atoms with Crippen LogP contribution in [0.15, 0.2) is 18.2 Å². The summed E-state index contributed by atoms with van der Waals surface area (Å²) in [5.41, 5.74) is 5.81. The second-order valence-electron chi connectivity index (χ2n) is 3.68. The minimum atomic E-state index is -1.29. The van der Waals surface area contributed by atoms with E-state index in [1.165, 1.54) is 12.1 Å². The zero-order valence-corrected chi connectivity index (χ0v) is 9.24. The summed E-state index contributed by atoms with van der Waals surface area (Å²) in [6.07, 6.45) is -1.12. The SMILES string of the molecule is NCCC(O)C(O)c1c(C=O)cccc1C=O. The van der Waals surface area contributed by atoms with Gasteiger partial charge in [0.25, 0.3) is 0 Å². The third-order valence-electron chi connectivity index (χ3n) is 2.55. The third kappa shape index (κ3) is 2.97. The summed E-state index contributed by atoms with van der Waals surface area (Å²) in [5, 5.41) is 19.6. The molecule has 1 rings (SSSR count). The van der Waals surface area contributed by atoms with Crippen molar-refractivity contribution >= 4 is 12.6 Å². The van der Waals surface area contributed by atoms with Gasteiger partial charge >= 0.3 is 0 Å². The quantitative estimate of drug-likeness (QED) is 0.607. The fourth-order valence-electron chi connectivity index (χ4n) is 1.67. The average Bonchev–Trinajstić information content (AvgIpc) is 2.37. The number of benzene rings is 1. The molecule has 0 bridgehead atoms. The van der Waals surface area contributed by atoms with Crippen LogP contribution in [0.2, 0.25) is 0 Å². The lowest BCUT2D eigenvalue weighted by molar-refractivity contribution is 0.0144. The summed E-state index contributed by atoms with van der Waals surface area (Å²) in [5.74, 6) is 0. The highest BCUT2D eigenvalue weighted by atomic mass is 16.3. The molecule has 1 aromatic rings. The Labute approximate surface area is 98.9 Å². The molecule has 17 heavy (non-hydrogen) atoms. The van der Waals surface area contributed by atoms with E-state index in [2.05, 4.69) is 0 Å². The van der Waals surface area contributed by atoms with Gasteiger partial charge in [0.2, 0.25) is 0 Å². The molecule has 0 aromatic heterocycles. The molecular formula is C12H15NO4. The average molecular weight is 237 g/mol. The number of rotatable bonds is 6. The van der Waals surface area contributed by atoms with Crippen molar-refractivity contribution in [3.05, 3.63) is 34.9 Å². The second-order valence-corrected chi connectivity index (χ2v) is 3.68. The van der Waals surface area contributed by atoms with Gasteiger partial charge in [0, 0.05) is 16.7 Å². The van der Waals surface area contributed by atoms with E-state index < -0.39 is 12.2 Å². The molecule has 0 fully saturated rings. The fourth-order valence-corrected chi connectivity index (χ4v) is 1.67. The summed E-state index contributed by atoms with van der Waals surface area (Å²) in [4.78, 5) is 21.7. The number of carbonyl (C=O) groups is 2. The molecule has 92 valence electrons. The van der Waals surface area contributed by atoms with Crippen LogP contribution in [0.1, 0.15) is 38.8 Å². The van der Waals surface area contributed by atoms with Gasteiger partial charge in [-0.05, 0) is 13.0 Å². The maximum absolute atomic E-state index is 10.8. The highest BCUT2D eigenvalue weighted by Crippen LogP contribution is 2.24. The van der Waals surface area contributed by atoms with E-state index in [0.717, 1.165) is 0 Å². The molecule has 0 amide bonds. The Balaban J connectivity index is 3.17. The first kappa shape index (κ1) is 13.5. The molecule has 4 N–H and O–H groups in total. The molecule has 0 heterocycles. The first-order chi connectivity index (χ1) is 8.15. The third-order valence-corrected chi connectivity index (χ3v) is 2.55. The van der Waals surface area contributed by atoms with Crippen molar-refractivity contribution in [2.24, 2.45) is 5.73 Å². The Morgan fingerprint density at radius 3 is 2.12 bits per heavy atom. The van der Waals surface area contributed by atoms with Crippen molar-refractivity contribution in [1.82, 2.24) is 0 Å². The van der Waals surface area contributed by atoms with Gasteiger partial charge in [-0.2, -0.15) is 0 Å². The largest absolute Gasteiger partial charge is 0.390 e. The van der Waals surface area contributed by atoms with Gasteiger partial charge in [-0.15, -0.1) is 0 Å². The number of nitrogens with two attached hydrogens (primary N) is 1. The summed E-state index contributed by atoms with van der Waals surface area (Å²) < 4.78 is 0. The molecule has 0 aliphatic heterocycles. The second kappa shape index (κ2) is 6.24. The van der Waals surface area contributed by atoms with Crippen molar-refractivity contribution in [1.29, 1.82) is 0 Å². The molecular weight excluding hydrogens is 222 g/mol. The molecule has 2 atom stereocenters. The minimum Gasteiger partial charge on any atom is -0.390 e. The summed E-state index contributed by atoms with van der Waals surface area (Å²) >= 11 is 0. The minimum absolute atomic E-state index is 0.151. The van der Waals surface area contributed by atoms with E-state index in [9.17, 15) is 19.8 Å². The Morgan fingerprint density at radius 2 is 1.71 bits per heavy atom. The zero-order valence-electron chi connectivity index (χ0n) is 9.24. The van der Waals surface area contributed by atoms with Crippen LogP contribution in [0.25, 0.3) is 0 Å². The zero-order chi connectivity index (χ0) is 12.8. The molecule has 0 spiro atoms. The van der Waals surface area contributed by atoms with E-state index in [0.29, 0.717) is 12.6 Å². The van der Waals surface area contributed by atoms with Gasteiger partial charge in [0.1, 0.15) is 18.7 Å². The number of aldehydes is 2. The van der Waals surface area contributed by atoms with Crippen LogP contribution in [0.5, 0.6) is 0 Å². The number of aliphatic hydroxyl groups excluding tert-OH is 2. The monoisotopic (exact) mass is 237 g/mol. The molecule has 0 aliphatic carbocycles. The molecule has 0 aliphatic rings. The molecule has 2 unspecified atom stereocenters. The molecule has 0 saturated heterocycles. The molecule has 0 radical (unpaired) electrons. The first-order valence-corrected chi connectivity index (χ1v) is 5.25. The van der Waals surface area contributed by atoms with Gasteiger partial charge in [0.05, 0.1) is 6.10 Å². The van der Waals surface area contributed by atoms with Crippen LogP contribution in [0, 0.1) is 0 Å². The van der Waals surface area contributed by atoms with E-state index in [1.807, 2.05) is 0 Å². The molecule has 0 saturated carbocycles. The number of hydrogen-bond donors (Lipinski definition) is 3. The lowest BCUT2D eigenvalue weighted by Crippen LogP contribution is -2.23. The predicted molar refractivity (Wildman–Crippen MR) is 61.9 cm³/mol. The number of carbonyl (C=O) groups excluding carboxylic acids is 2. The van der Waals surface area contributed by atoms with Gasteiger partial charge < -0.3 is 15.9 Å². The van der Waals surface area contributed by atoms with Crippen molar-refractivity contribution in [2.75, 3.05) is 6.54 Å². The van der Waals surface area contributed by atoms with Crippen LogP contribution in [0.3, 0.4) is 0 Å². The van der Waals surface area contributed by atoms with Gasteiger partial charge in [-0.3, -0.25) is 9.59 Å². The summed E-state index contributed by atoms with van der Waals surface area (Å²) in [6, 6.07) is 4.50. The van der Waals surface area contributed by atoms with Crippen LogP contribution < -0.4 is 5.73 Å². The van der Waals surface area contributed by atoms with Crippen LogP contribution in [-0.4, -0.2) is 35.4 Å². The van der Waals surface area contributed by atoms with Gasteiger partial charge in [-0.1, -0.05) is 18.2 Å². The van der Waals surface area contributed by atoms with Crippen LogP contribution in [0.4, 0.5) is 0 Å². The molecule has 5 nitrogen and oxygen atoms in total. The Morgan fingerprint density at radius 1 is 1.18 bits per heavy atom. The van der Waals surface area contributed by atoms with Crippen LogP contribution >= 0.6 is 0 Å². The standard InChI is InChI=1S/C12H15NO4/c13-5-4-10(16)12(17)11-8(6-14)2-1-3-9(11)7-15/h1-3,6-7,10,12,16-17H,4-5,13H2. The summed E-state index contributed by atoms with van der Waals surface area (Å²) in [6.45, 7) is 0.206. The van der Waals surface area contributed by atoms with Gasteiger partial charge in [0.15, 0.2) is 0 Å². The maximum Gasteiger partial charge on any atom is 0.150 e. The van der Waals surface area contributed by atoms with Crippen molar-refractivity contribution < 1.29 is 19.8 Å².